The van der Waals surface area contributed by atoms with Gasteiger partial charge in [-0.15, -0.1) is 0 Å². The molecular weight excluding hydrogens is 516 g/mol. The molecule has 0 spiro atoms. The molecular formula is C15H4F16O2. The number of rotatable bonds is 2. The molecule has 0 bridgehead atoms. The number of allylic oxidation sites excluding steroid dienone is 1. The molecule has 1 atom stereocenters. The van der Waals surface area contributed by atoms with E-state index in [1.807, 2.05) is 0 Å². The Kier molecular flexibility index (Phi) is 5.84. The van der Waals surface area contributed by atoms with Crippen LogP contribution in [-0.2, 0) is 0 Å². The van der Waals surface area contributed by atoms with E-state index < -0.39 is 65.0 Å². The summed E-state index contributed by atoms with van der Waals surface area (Å²) in [6.07, 6.45) is -29.7. The van der Waals surface area contributed by atoms with Crippen LogP contribution in [0.4, 0.5) is 70.2 Å². The van der Waals surface area contributed by atoms with Crippen LogP contribution in [-0.4, -0.2) is 42.2 Å². The Morgan fingerprint density at radius 3 is 1.39 bits per heavy atom. The summed E-state index contributed by atoms with van der Waals surface area (Å²) in [5.74, 6) is -22.5. The molecule has 188 valence electrons. The maximum absolute atomic E-state index is 15.1. The number of benzene rings is 1. The normalized spacial score (nSPS) is 21.2. The van der Waals surface area contributed by atoms with Crippen molar-refractivity contribution in [2.45, 2.75) is 42.2 Å². The topological polar surface area (TPSA) is 18.5 Å². The van der Waals surface area contributed by atoms with Crippen molar-refractivity contribution in [2.75, 3.05) is 0 Å². The standard InChI is InChI=1S/C15H4F16O2/c16-9(13(23,24)25,14(26,27)28)8-7(11(18,19)20)10(17,12(21,22)15(29,30)31)33-6-4-2-1-3-5(6)32-8/h1-4H. The van der Waals surface area contributed by atoms with Gasteiger partial charge in [-0.3, -0.25) is 0 Å². The molecule has 33 heavy (non-hydrogen) atoms. The van der Waals surface area contributed by atoms with Crippen LogP contribution < -0.4 is 9.47 Å². The van der Waals surface area contributed by atoms with Gasteiger partial charge in [-0.1, -0.05) is 12.1 Å². The second kappa shape index (κ2) is 7.22. The van der Waals surface area contributed by atoms with Crippen molar-refractivity contribution in [2.24, 2.45) is 0 Å². The summed E-state index contributed by atoms with van der Waals surface area (Å²) >= 11 is 0. The average molecular weight is 520 g/mol. The van der Waals surface area contributed by atoms with Gasteiger partial charge in [-0.05, 0) is 12.1 Å². The zero-order valence-electron chi connectivity index (χ0n) is 14.7. The monoisotopic (exact) mass is 520 g/mol. The van der Waals surface area contributed by atoms with Gasteiger partial charge in [0.1, 0.15) is 0 Å². The van der Waals surface area contributed by atoms with E-state index in [4.69, 9.17) is 0 Å². The summed E-state index contributed by atoms with van der Waals surface area (Å²) in [7, 11) is 0. The Labute approximate surface area is 170 Å². The largest absolute Gasteiger partial charge is 0.461 e. The summed E-state index contributed by atoms with van der Waals surface area (Å²) < 4.78 is 222. The highest BCUT2D eigenvalue weighted by Crippen LogP contribution is 2.61. The summed E-state index contributed by atoms with van der Waals surface area (Å²) in [5.41, 5.74) is -12.1. The van der Waals surface area contributed by atoms with Crippen molar-refractivity contribution in [3.63, 3.8) is 0 Å². The van der Waals surface area contributed by atoms with Crippen LogP contribution in [0.25, 0.3) is 0 Å². The highest BCUT2D eigenvalue weighted by molar-refractivity contribution is 5.48. The first-order valence-electron chi connectivity index (χ1n) is 7.67. The van der Waals surface area contributed by atoms with Gasteiger partial charge < -0.3 is 9.47 Å². The molecule has 2 nitrogen and oxygen atoms in total. The SMILES string of the molecule is FC(F)(F)C1=C(C(F)(C(F)(F)F)C(F)(F)F)Oc2ccccc2OC1(F)C(F)(F)C(F)(F)F. The molecule has 0 aromatic heterocycles. The number of ether oxygens (including phenoxy) is 2. The maximum Gasteiger partial charge on any atom is 0.461 e. The first-order chi connectivity index (χ1) is 14.4. The van der Waals surface area contributed by atoms with E-state index in [1.165, 1.54) is 0 Å². The smallest absolute Gasteiger partial charge is 0.453 e. The molecule has 1 aliphatic heterocycles. The molecule has 0 saturated carbocycles. The molecule has 0 N–H and O–H groups in total. The zero-order valence-corrected chi connectivity index (χ0v) is 14.7. The van der Waals surface area contributed by atoms with Gasteiger partial charge in [0.2, 0.25) is 0 Å². The van der Waals surface area contributed by atoms with Crippen LogP contribution in [0.15, 0.2) is 35.6 Å². The van der Waals surface area contributed by atoms with Crippen LogP contribution in [0.1, 0.15) is 0 Å². The Morgan fingerprint density at radius 1 is 0.606 bits per heavy atom. The molecule has 0 aliphatic carbocycles. The predicted octanol–water partition coefficient (Wildman–Crippen LogP) is 6.97. The highest BCUT2D eigenvalue weighted by atomic mass is 19.4. The Bertz CT molecular complexity index is 921. The van der Waals surface area contributed by atoms with Gasteiger partial charge in [0, 0.05) is 0 Å². The highest BCUT2D eigenvalue weighted by Gasteiger charge is 2.84. The fourth-order valence-corrected chi connectivity index (χ4v) is 2.50. The third-order valence-electron chi connectivity index (χ3n) is 4.00. The second-order valence-electron chi connectivity index (χ2n) is 6.17. The zero-order chi connectivity index (χ0) is 26.1. The lowest BCUT2D eigenvalue weighted by atomic mass is 9.90. The number of hydrogen-bond acceptors (Lipinski definition) is 2. The third-order valence-corrected chi connectivity index (χ3v) is 4.00. The van der Waals surface area contributed by atoms with Crippen LogP contribution in [0.3, 0.4) is 0 Å². The van der Waals surface area contributed by atoms with Gasteiger partial charge in [0.05, 0.1) is 0 Å². The van der Waals surface area contributed by atoms with Crippen molar-refractivity contribution < 1.29 is 79.7 Å². The summed E-state index contributed by atoms with van der Waals surface area (Å²) in [6.45, 7) is 0. The predicted molar refractivity (Wildman–Crippen MR) is 71.6 cm³/mol. The molecule has 1 unspecified atom stereocenters. The molecule has 0 saturated heterocycles. The quantitative estimate of drug-likeness (QED) is 0.393. The minimum Gasteiger partial charge on any atom is -0.453 e. The Hall–Kier alpha value is -2.56. The summed E-state index contributed by atoms with van der Waals surface area (Å²) in [6, 6.07) is 1.23. The van der Waals surface area contributed by atoms with Gasteiger partial charge in [-0.2, -0.15) is 65.9 Å². The molecule has 1 heterocycles. The molecule has 18 heteroatoms. The van der Waals surface area contributed by atoms with Gasteiger partial charge in [0.15, 0.2) is 22.8 Å². The average Bonchev–Trinajstić information content (AvgIpc) is 2.71. The van der Waals surface area contributed by atoms with E-state index in [9.17, 15) is 65.9 Å². The van der Waals surface area contributed by atoms with Crippen molar-refractivity contribution >= 4 is 0 Å². The second-order valence-corrected chi connectivity index (χ2v) is 6.17. The molecule has 2 rings (SSSR count). The van der Waals surface area contributed by atoms with Crippen molar-refractivity contribution in [3.8, 4) is 11.5 Å². The molecule has 0 radical (unpaired) electrons. The van der Waals surface area contributed by atoms with Gasteiger partial charge >= 0.3 is 42.2 Å². The van der Waals surface area contributed by atoms with Crippen LogP contribution in [0.5, 0.6) is 11.5 Å². The van der Waals surface area contributed by atoms with Crippen molar-refractivity contribution in [1.82, 2.24) is 0 Å². The Balaban J connectivity index is 3.21. The van der Waals surface area contributed by atoms with Crippen molar-refractivity contribution in [1.29, 1.82) is 0 Å². The fourth-order valence-electron chi connectivity index (χ4n) is 2.50. The lowest BCUT2D eigenvalue weighted by Crippen LogP contribution is -2.63. The van der Waals surface area contributed by atoms with E-state index in [0.29, 0.717) is 12.1 Å². The Morgan fingerprint density at radius 2 is 1.03 bits per heavy atom. The fraction of sp³-hybridized carbons (Fsp3) is 0.467. The molecule has 0 amide bonds. The minimum absolute atomic E-state index is 0.0636. The number of fused-ring (bicyclic) bond motifs is 1. The number of hydrogen-bond donors (Lipinski definition) is 0. The van der Waals surface area contributed by atoms with E-state index in [1.54, 1.807) is 0 Å². The van der Waals surface area contributed by atoms with Gasteiger partial charge in [-0.25, -0.2) is 4.39 Å². The van der Waals surface area contributed by atoms with Gasteiger partial charge in [0.25, 0.3) is 0 Å². The van der Waals surface area contributed by atoms with Crippen LogP contribution >= 0.6 is 0 Å². The molecule has 0 fully saturated rings. The van der Waals surface area contributed by atoms with E-state index >= 15 is 4.39 Å². The third kappa shape index (κ3) is 3.89. The summed E-state index contributed by atoms with van der Waals surface area (Å²) in [5, 5.41) is 0. The number of alkyl halides is 16. The van der Waals surface area contributed by atoms with E-state index in [2.05, 4.69) is 9.47 Å². The first kappa shape index (κ1) is 26.7. The lowest BCUT2D eigenvalue weighted by molar-refractivity contribution is -0.363. The molecule has 1 aliphatic rings. The first-order valence-corrected chi connectivity index (χ1v) is 7.67. The van der Waals surface area contributed by atoms with Crippen molar-refractivity contribution in [3.05, 3.63) is 35.6 Å². The number of para-hydroxylation sites is 2. The summed E-state index contributed by atoms with van der Waals surface area (Å²) in [4.78, 5) is 0. The lowest BCUT2D eigenvalue weighted by Gasteiger charge is -2.38. The maximum atomic E-state index is 15.1. The minimum atomic E-state index is -7.54. The van der Waals surface area contributed by atoms with Crippen LogP contribution in [0.2, 0.25) is 0 Å². The molecule has 1 aromatic carbocycles. The molecule has 1 aromatic rings. The number of halogens is 16. The van der Waals surface area contributed by atoms with E-state index in [0.717, 1.165) is 0 Å². The van der Waals surface area contributed by atoms with E-state index in [-0.39, 0.29) is 12.1 Å². The van der Waals surface area contributed by atoms with Crippen LogP contribution in [0, 0.1) is 0 Å².